The number of carbonyl (C=O) groups is 2. The fourth-order valence-corrected chi connectivity index (χ4v) is 3.23. The number of halogens is 1. The molecule has 6 heteroatoms. The summed E-state index contributed by atoms with van der Waals surface area (Å²) in [7, 11) is 0. The quantitative estimate of drug-likeness (QED) is 0.652. The third kappa shape index (κ3) is 3.88. The lowest BCUT2D eigenvalue weighted by Crippen LogP contribution is -2.17. The highest BCUT2D eigenvalue weighted by Crippen LogP contribution is 2.24. The fourth-order valence-electron chi connectivity index (χ4n) is 3.06. The third-order valence-corrected chi connectivity index (χ3v) is 4.55. The molecule has 0 aliphatic carbocycles. The smallest absolute Gasteiger partial charge is 0.252 e. The maximum Gasteiger partial charge on any atom is 0.252 e. The van der Waals surface area contributed by atoms with Crippen LogP contribution in [0.15, 0.2) is 54.6 Å². The minimum atomic E-state index is -0.665. The van der Waals surface area contributed by atoms with Crippen molar-refractivity contribution in [2.75, 3.05) is 6.61 Å². The Bertz CT molecular complexity index is 1010. The van der Waals surface area contributed by atoms with Gasteiger partial charge in [-0.3, -0.25) is 9.59 Å². The SMILES string of the molecule is Cc1cc(C(=O)COc2ccc(Cl)cc2C(N)=O)c(C)n1-c1ccccc1. The van der Waals surface area contributed by atoms with Gasteiger partial charge in [0.25, 0.3) is 5.91 Å². The summed E-state index contributed by atoms with van der Waals surface area (Å²) < 4.78 is 7.58. The zero-order valence-electron chi connectivity index (χ0n) is 15.0. The van der Waals surface area contributed by atoms with Crippen LogP contribution in [-0.2, 0) is 0 Å². The molecule has 0 unspecified atom stereocenters. The Morgan fingerprint density at radius 3 is 2.41 bits per heavy atom. The average molecular weight is 383 g/mol. The van der Waals surface area contributed by atoms with Gasteiger partial charge in [-0.15, -0.1) is 0 Å². The molecule has 0 aliphatic heterocycles. The van der Waals surface area contributed by atoms with Crippen LogP contribution in [0.5, 0.6) is 5.75 Å². The molecule has 0 bridgehead atoms. The lowest BCUT2D eigenvalue weighted by atomic mass is 10.1. The number of Topliss-reactive ketones (excluding diaryl/α,β-unsaturated/α-hetero) is 1. The van der Waals surface area contributed by atoms with Gasteiger partial charge in [0.2, 0.25) is 5.78 Å². The van der Waals surface area contributed by atoms with Crippen LogP contribution in [-0.4, -0.2) is 22.9 Å². The zero-order valence-corrected chi connectivity index (χ0v) is 15.8. The molecule has 3 rings (SSSR count). The monoisotopic (exact) mass is 382 g/mol. The minimum Gasteiger partial charge on any atom is -0.485 e. The van der Waals surface area contributed by atoms with Crippen molar-refractivity contribution in [3.63, 3.8) is 0 Å². The number of carbonyl (C=O) groups excluding carboxylic acids is 2. The number of primary amides is 1. The Kier molecular flexibility index (Phi) is 5.33. The standard InChI is InChI=1S/C21H19ClN2O3/c1-13-10-17(14(2)24(13)16-6-4-3-5-7-16)19(25)12-27-20-9-8-15(22)11-18(20)21(23)26/h3-11H,12H2,1-2H3,(H2,23,26). The number of ketones is 1. The molecule has 1 heterocycles. The Morgan fingerprint density at radius 1 is 1.04 bits per heavy atom. The first-order chi connectivity index (χ1) is 12.9. The number of amides is 1. The van der Waals surface area contributed by atoms with Crippen LogP contribution in [0.4, 0.5) is 0 Å². The molecule has 0 saturated heterocycles. The molecule has 27 heavy (non-hydrogen) atoms. The van der Waals surface area contributed by atoms with E-state index in [4.69, 9.17) is 22.1 Å². The predicted octanol–water partition coefficient (Wildman–Crippen LogP) is 4.11. The normalized spacial score (nSPS) is 10.6. The maximum absolute atomic E-state index is 12.7. The maximum atomic E-state index is 12.7. The average Bonchev–Trinajstić information content (AvgIpc) is 2.95. The summed E-state index contributed by atoms with van der Waals surface area (Å²) in [5, 5.41) is 0.369. The number of nitrogens with two attached hydrogens (primary N) is 1. The highest BCUT2D eigenvalue weighted by atomic mass is 35.5. The van der Waals surface area contributed by atoms with Gasteiger partial charge in [0.1, 0.15) is 5.75 Å². The minimum absolute atomic E-state index is 0.144. The summed E-state index contributed by atoms with van der Waals surface area (Å²) in [6, 6.07) is 16.2. The molecular weight excluding hydrogens is 364 g/mol. The second kappa shape index (κ2) is 7.68. The summed E-state index contributed by atoms with van der Waals surface area (Å²) >= 11 is 5.89. The van der Waals surface area contributed by atoms with Gasteiger partial charge in [-0.2, -0.15) is 0 Å². The van der Waals surface area contributed by atoms with Crippen molar-refractivity contribution in [3.05, 3.63) is 82.1 Å². The van der Waals surface area contributed by atoms with Crippen molar-refractivity contribution in [2.24, 2.45) is 5.73 Å². The topological polar surface area (TPSA) is 74.3 Å². The molecule has 2 N–H and O–H groups in total. The lowest BCUT2D eigenvalue weighted by molar-refractivity contribution is 0.0911. The van der Waals surface area contributed by atoms with Gasteiger partial charge in [0.05, 0.1) is 5.56 Å². The number of hydrogen-bond donors (Lipinski definition) is 1. The van der Waals surface area contributed by atoms with E-state index in [1.54, 1.807) is 6.07 Å². The van der Waals surface area contributed by atoms with E-state index < -0.39 is 5.91 Å². The molecule has 5 nitrogen and oxygen atoms in total. The van der Waals surface area contributed by atoms with Gasteiger partial charge in [-0.25, -0.2) is 0 Å². The van der Waals surface area contributed by atoms with E-state index >= 15 is 0 Å². The van der Waals surface area contributed by atoms with Crippen LogP contribution in [0, 0.1) is 13.8 Å². The van der Waals surface area contributed by atoms with Gasteiger partial charge in [-0.1, -0.05) is 29.8 Å². The number of para-hydroxylation sites is 1. The number of benzene rings is 2. The van der Waals surface area contributed by atoms with Gasteiger partial charge >= 0.3 is 0 Å². The van der Waals surface area contributed by atoms with Gasteiger partial charge in [0.15, 0.2) is 6.61 Å². The van der Waals surface area contributed by atoms with E-state index in [2.05, 4.69) is 0 Å². The molecule has 0 aliphatic rings. The van der Waals surface area contributed by atoms with E-state index in [0.29, 0.717) is 10.6 Å². The summed E-state index contributed by atoms with van der Waals surface area (Å²) in [4.78, 5) is 24.2. The van der Waals surface area contributed by atoms with Crippen LogP contribution >= 0.6 is 11.6 Å². The molecule has 138 valence electrons. The molecule has 0 atom stereocenters. The number of aryl methyl sites for hydroxylation is 1. The molecule has 1 aromatic heterocycles. The van der Waals surface area contributed by atoms with Crippen molar-refractivity contribution >= 4 is 23.3 Å². The van der Waals surface area contributed by atoms with Gasteiger partial charge in [0, 0.05) is 27.7 Å². The number of aromatic nitrogens is 1. The van der Waals surface area contributed by atoms with Gasteiger partial charge in [-0.05, 0) is 50.2 Å². The number of ether oxygens (including phenoxy) is 1. The molecule has 3 aromatic rings. The summed E-state index contributed by atoms with van der Waals surface area (Å²) in [6.45, 7) is 3.63. The summed E-state index contributed by atoms with van der Waals surface area (Å²) in [5.41, 5.74) is 8.83. The van der Waals surface area contributed by atoms with Gasteiger partial charge < -0.3 is 15.0 Å². The molecule has 0 saturated carbocycles. The fraction of sp³-hybridized carbons (Fsp3) is 0.143. The molecule has 1 amide bonds. The Morgan fingerprint density at radius 2 is 1.74 bits per heavy atom. The Labute approximate surface area is 162 Å². The van der Waals surface area contributed by atoms with Crippen LogP contribution in [0.25, 0.3) is 5.69 Å². The number of rotatable bonds is 6. The highest BCUT2D eigenvalue weighted by molar-refractivity contribution is 6.31. The van der Waals surface area contributed by atoms with E-state index in [1.807, 2.05) is 54.8 Å². The molecule has 2 aromatic carbocycles. The van der Waals surface area contributed by atoms with Crippen molar-refractivity contribution in [3.8, 4) is 11.4 Å². The van der Waals surface area contributed by atoms with E-state index in [1.165, 1.54) is 12.1 Å². The first kappa shape index (κ1) is 18.7. The molecule has 0 spiro atoms. The van der Waals surface area contributed by atoms with Crippen molar-refractivity contribution in [1.29, 1.82) is 0 Å². The Hall–Kier alpha value is -3.05. The second-order valence-electron chi connectivity index (χ2n) is 6.17. The van der Waals surface area contributed by atoms with E-state index in [9.17, 15) is 9.59 Å². The molecule has 0 radical (unpaired) electrons. The van der Waals surface area contributed by atoms with Crippen molar-refractivity contribution < 1.29 is 14.3 Å². The van der Waals surface area contributed by atoms with E-state index in [0.717, 1.165) is 17.1 Å². The number of hydrogen-bond acceptors (Lipinski definition) is 3. The predicted molar refractivity (Wildman–Crippen MR) is 105 cm³/mol. The zero-order chi connectivity index (χ0) is 19.6. The largest absolute Gasteiger partial charge is 0.485 e. The van der Waals surface area contributed by atoms with Crippen LogP contribution in [0.2, 0.25) is 5.02 Å². The van der Waals surface area contributed by atoms with E-state index in [-0.39, 0.29) is 23.7 Å². The first-order valence-corrected chi connectivity index (χ1v) is 8.76. The Balaban J connectivity index is 1.83. The third-order valence-electron chi connectivity index (χ3n) is 4.31. The summed E-state index contributed by atoms with van der Waals surface area (Å²) in [6.07, 6.45) is 0. The molecule has 0 fully saturated rings. The lowest BCUT2D eigenvalue weighted by Gasteiger charge is -2.11. The summed E-state index contributed by atoms with van der Waals surface area (Å²) in [5.74, 6) is -0.616. The second-order valence-corrected chi connectivity index (χ2v) is 6.61. The number of nitrogens with zero attached hydrogens (tertiary/aromatic N) is 1. The van der Waals surface area contributed by atoms with Crippen molar-refractivity contribution in [2.45, 2.75) is 13.8 Å². The first-order valence-electron chi connectivity index (χ1n) is 8.38. The highest BCUT2D eigenvalue weighted by Gasteiger charge is 2.18. The molecular formula is C21H19ClN2O3. The van der Waals surface area contributed by atoms with Crippen LogP contribution in [0.1, 0.15) is 32.1 Å². The van der Waals surface area contributed by atoms with Crippen LogP contribution < -0.4 is 10.5 Å². The van der Waals surface area contributed by atoms with Crippen molar-refractivity contribution in [1.82, 2.24) is 4.57 Å². The van der Waals surface area contributed by atoms with Crippen LogP contribution in [0.3, 0.4) is 0 Å².